The van der Waals surface area contributed by atoms with E-state index in [4.69, 9.17) is 9.47 Å². The smallest absolute Gasteiger partial charge is 0.341 e. The number of carbonyl (C=O) groups excluding carboxylic acids is 2. The van der Waals surface area contributed by atoms with Crippen molar-refractivity contribution in [3.05, 3.63) is 35.4 Å². The molecule has 0 spiro atoms. The third-order valence-corrected chi connectivity index (χ3v) is 8.53. The summed E-state index contributed by atoms with van der Waals surface area (Å²) in [5, 5.41) is 0. The summed E-state index contributed by atoms with van der Waals surface area (Å²) in [6, 6.07) is 8.83. The maximum Gasteiger partial charge on any atom is 0.341 e. The van der Waals surface area contributed by atoms with Crippen molar-refractivity contribution in [3.63, 3.8) is 0 Å². The summed E-state index contributed by atoms with van der Waals surface area (Å²) in [5.41, 5.74) is 2.60. The Balaban J connectivity index is 1.43. The summed E-state index contributed by atoms with van der Waals surface area (Å²) in [5.74, 6) is -1.18. The SMILES string of the molecule is CC[C@H](C)[C@H](F)C(=O)OC1CCC(c2ccc(C3CCC(OC(=O)[C@@H](F)[C@@H](C)CC)CC3)cc2)CC1. The summed E-state index contributed by atoms with van der Waals surface area (Å²) < 4.78 is 39.1. The summed E-state index contributed by atoms with van der Waals surface area (Å²) in [6.45, 7) is 7.23. The lowest BCUT2D eigenvalue weighted by atomic mass is 9.80. The normalized spacial score (nSPS) is 27.9. The Hall–Kier alpha value is -1.98. The molecule has 1 aromatic rings. The second-order valence-electron chi connectivity index (χ2n) is 11.1. The van der Waals surface area contributed by atoms with Gasteiger partial charge in [0.2, 0.25) is 0 Å². The van der Waals surface area contributed by atoms with E-state index in [9.17, 15) is 18.4 Å². The van der Waals surface area contributed by atoms with Crippen molar-refractivity contribution in [2.45, 2.75) is 128 Å². The highest BCUT2D eigenvalue weighted by molar-refractivity contribution is 5.75. The summed E-state index contributed by atoms with van der Waals surface area (Å²) >= 11 is 0. The molecule has 0 unspecified atom stereocenters. The van der Waals surface area contributed by atoms with Crippen LogP contribution in [-0.2, 0) is 19.1 Å². The van der Waals surface area contributed by atoms with Crippen LogP contribution in [0.3, 0.4) is 0 Å². The fraction of sp³-hybridized carbons (Fsp3) is 0.733. The van der Waals surface area contributed by atoms with E-state index in [0.717, 1.165) is 51.4 Å². The maximum atomic E-state index is 14.1. The van der Waals surface area contributed by atoms with Gasteiger partial charge in [-0.2, -0.15) is 0 Å². The summed E-state index contributed by atoms with van der Waals surface area (Å²) in [4.78, 5) is 24.1. The molecule has 2 aliphatic carbocycles. The van der Waals surface area contributed by atoms with Crippen molar-refractivity contribution >= 4 is 11.9 Å². The molecule has 2 saturated carbocycles. The number of hydrogen-bond donors (Lipinski definition) is 0. The zero-order valence-corrected chi connectivity index (χ0v) is 22.4. The van der Waals surface area contributed by atoms with Crippen LogP contribution in [0.4, 0.5) is 8.78 Å². The quantitative estimate of drug-likeness (QED) is 0.307. The van der Waals surface area contributed by atoms with Gasteiger partial charge in [0.15, 0.2) is 12.3 Å². The third-order valence-electron chi connectivity index (χ3n) is 8.53. The predicted molar refractivity (Wildman–Crippen MR) is 137 cm³/mol. The molecule has 4 nitrogen and oxygen atoms in total. The monoisotopic (exact) mass is 506 g/mol. The van der Waals surface area contributed by atoms with E-state index in [0.29, 0.717) is 24.7 Å². The number of carbonyl (C=O) groups is 2. The number of esters is 2. The van der Waals surface area contributed by atoms with E-state index in [1.165, 1.54) is 11.1 Å². The van der Waals surface area contributed by atoms with E-state index < -0.39 is 24.3 Å². The molecule has 0 heterocycles. The molecule has 0 aromatic heterocycles. The van der Waals surface area contributed by atoms with E-state index in [2.05, 4.69) is 24.3 Å². The number of ether oxygens (including phenoxy) is 2. The molecule has 0 aliphatic heterocycles. The van der Waals surface area contributed by atoms with Crippen molar-refractivity contribution in [3.8, 4) is 0 Å². The average molecular weight is 507 g/mol. The van der Waals surface area contributed by atoms with Gasteiger partial charge in [-0.25, -0.2) is 18.4 Å². The molecule has 2 fully saturated rings. The molecular formula is C30H44F2O4. The van der Waals surface area contributed by atoms with E-state index >= 15 is 0 Å². The van der Waals surface area contributed by atoms with E-state index in [-0.39, 0.29) is 24.0 Å². The lowest BCUT2D eigenvalue weighted by molar-refractivity contribution is -0.159. The number of halogens is 2. The van der Waals surface area contributed by atoms with Gasteiger partial charge in [-0.05, 0) is 86.2 Å². The highest BCUT2D eigenvalue weighted by atomic mass is 19.1. The Labute approximate surface area is 215 Å². The zero-order valence-electron chi connectivity index (χ0n) is 22.4. The number of alkyl halides is 2. The summed E-state index contributed by atoms with van der Waals surface area (Å²) in [7, 11) is 0. The van der Waals surface area contributed by atoms with E-state index in [1.807, 2.05) is 13.8 Å². The lowest BCUT2D eigenvalue weighted by Crippen LogP contribution is -2.31. The number of rotatable bonds is 10. The standard InChI is InChI=1S/C30H44F2O4/c1-5-19(3)27(31)29(33)35-25-15-11-23(12-16-25)21-7-9-22(10-8-21)24-13-17-26(18-14-24)36-30(34)28(32)20(4)6-2/h7-10,19-20,23-28H,5-6,11-18H2,1-4H3/t19-,20-,23?,24?,25?,26?,27-,28-/m0/s1. The minimum Gasteiger partial charge on any atom is -0.460 e. The molecular weight excluding hydrogens is 462 g/mol. The molecule has 1 aromatic carbocycles. The Morgan fingerprint density at radius 2 is 1.00 bits per heavy atom. The van der Waals surface area contributed by atoms with Gasteiger partial charge in [0, 0.05) is 0 Å². The Morgan fingerprint density at radius 1 is 0.694 bits per heavy atom. The van der Waals surface area contributed by atoms with Crippen LogP contribution in [0.25, 0.3) is 0 Å². The van der Waals surface area contributed by atoms with Crippen LogP contribution in [-0.4, -0.2) is 36.5 Å². The lowest BCUT2D eigenvalue weighted by Gasteiger charge is -2.31. The average Bonchev–Trinajstić information content (AvgIpc) is 2.92. The number of hydrogen-bond acceptors (Lipinski definition) is 4. The Kier molecular flexibility index (Phi) is 10.7. The predicted octanol–water partition coefficient (Wildman–Crippen LogP) is 7.59. The first-order valence-corrected chi connectivity index (χ1v) is 14.0. The second kappa shape index (κ2) is 13.5. The second-order valence-corrected chi connectivity index (χ2v) is 11.1. The first kappa shape index (κ1) is 28.6. The van der Waals surface area contributed by atoms with Gasteiger partial charge >= 0.3 is 11.9 Å². The molecule has 36 heavy (non-hydrogen) atoms. The minimum absolute atomic E-state index is 0.183. The molecule has 0 bridgehead atoms. The Bertz CT molecular complexity index is 757. The molecule has 2 aliphatic rings. The topological polar surface area (TPSA) is 52.6 Å². The van der Waals surface area contributed by atoms with Crippen LogP contribution >= 0.6 is 0 Å². The largest absolute Gasteiger partial charge is 0.460 e. The van der Waals surface area contributed by atoms with Gasteiger partial charge in [-0.15, -0.1) is 0 Å². The first-order chi connectivity index (χ1) is 17.2. The van der Waals surface area contributed by atoms with Crippen molar-refractivity contribution in [1.82, 2.24) is 0 Å². The fourth-order valence-corrected chi connectivity index (χ4v) is 5.41. The van der Waals surface area contributed by atoms with E-state index in [1.54, 1.807) is 13.8 Å². The third kappa shape index (κ3) is 7.52. The molecule has 0 N–H and O–H groups in total. The molecule has 0 radical (unpaired) electrons. The van der Waals surface area contributed by atoms with Crippen molar-refractivity contribution < 1.29 is 27.8 Å². The van der Waals surface area contributed by atoms with Crippen molar-refractivity contribution in [2.24, 2.45) is 11.8 Å². The van der Waals surface area contributed by atoms with Crippen LogP contribution in [0.1, 0.15) is 115 Å². The van der Waals surface area contributed by atoms with Gasteiger partial charge in [0.1, 0.15) is 12.2 Å². The molecule has 3 rings (SSSR count). The highest BCUT2D eigenvalue weighted by Crippen LogP contribution is 2.38. The van der Waals surface area contributed by atoms with Crippen LogP contribution in [0.5, 0.6) is 0 Å². The molecule has 0 amide bonds. The molecule has 4 atom stereocenters. The summed E-state index contributed by atoms with van der Waals surface area (Å²) in [6.07, 6.45) is 4.60. The van der Waals surface area contributed by atoms with Gasteiger partial charge < -0.3 is 9.47 Å². The Morgan fingerprint density at radius 3 is 1.28 bits per heavy atom. The number of benzene rings is 1. The fourth-order valence-electron chi connectivity index (χ4n) is 5.41. The minimum atomic E-state index is -1.53. The molecule has 0 saturated heterocycles. The van der Waals surface area contributed by atoms with Crippen molar-refractivity contribution in [1.29, 1.82) is 0 Å². The van der Waals surface area contributed by atoms with Gasteiger partial charge in [-0.3, -0.25) is 0 Å². The van der Waals surface area contributed by atoms with Crippen LogP contribution in [0, 0.1) is 11.8 Å². The van der Waals surface area contributed by atoms with Crippen LogP contribution < -0.4 is 0 Å². The van der Waals surface area contributed by atoms with Gasteiger partial charge in [0.25, 0.3) is 0 Å². The maximum absolute atomic E-state index is 14.1. The van der Waals surface area contributed by atoms with Crippen LogP contribution in [0.2, 0.25) is 0 Å². The first-order valence-electron chi connectivity index (χ1n) is 14.0. The molecule has 6 heteroatoms. The highest BCUT2D eigenvalue weighted by Gasteiger charge is 2.32. The van der Waals surface area contributed by atoms with Crippen LogP contribution in [0.15, 0.2) is 24.3 Å². The van der Waals surface area contributed by atoms with Gasteiger partial charge in [-0.1, -0.05) is 64.8 Å². The van der Waals surface area contributed by atoms with Gasteiger partial charge in [0.05, 0.1) is 0 Å². The molecule has 202 valence electrons. The zero-order chi connectivity index (χ0) is 26.2. The van der Waals surface area contributed by atoms with Crippen molar-refractivity contribution in [2.75, 3.05) is 0 Å².